The van der Waals surface area contributed by atoms with Gasteiger partial charge in [-0.25, -0.2) is 19.2 Å². The first-order chi connectivity index (χ1) is 18.1. The van der Waals surface area contributed by atoms with Crippen LogP contribution in [0.3, 0.4) is 0 Å². The molecule has 8 nitrogen and oxygen atoms in total. The number of carboxylic acid groups (broad SMARTS) is 4. The first kappa shape index (κ1) is 24.5. The Morgan fingerprint density at radius 1 is 0.579 bits per heavy atom. The van der Waals surface area contributed by atoms with Crippen LogP contribution in [-0.4, -0.2) is 44.3 Å². The summed E-state index contributed by atoms with van der Waals surface area (Å²) in [6, 6.07) is 19.9. The van der Waals surface area contributed by atoms with Gasteiger partial charge in [0, 0.05) is 5.41 Å². The zero-order valence-corrected chi connectivity index (χ0v) is 19.7. The molecule has 5 rings (SSSR count). The van der Waals surface area contributed by atoms with Crippen LogP contribution in [0.4, 0.5) is 0 Å². The van der Waals surface area contributed by atoms with Crippen molar-refractivity contribution in [2.45, 2.75) is 11.8 Å². The van der Waals surface area contributed by atoms with Gasteiger partial charge in [-0.2, -0.15) is 0 Å². The van der Waals surface area contributed by atoms with Gasteiger partial charge in [-0.15, -0.1) is 0 Å². The Hall–Kier alpha value is -5.24. The van der Waals surface area contributed by atoms with Crippen molar-refractivity contribution in [2.75, 3.05) is 0 Å². The lowest BCUT2D eigenvalue weighted by atomic mass is 9.66. The molecule has 0 heterocycles. The Morgan fingerprint density at radius 2 is 1.05 bits per heavy atom. The third-order valence-corrected chi connectivity index (χ3v) is 7.02. The number of carboxylic acids is 4. The number of rotatable bonds is 6. The highest BCUT2D eigenvalue weighted by Crippen LogP contribution is 2.43. The first-order valence-corrected chi connectivity index (χ1v) is 11.5. The van der Waals surface area contributed by atoms with Crippen molar-refractivity contribution in [3.8, 4) is 0 Å². The molecule has 1 aliphatic carbocycles. The Balaban J connectivity index is 1.80. The quantitative estimate of drug-likeness (QED) is 0.278. The van der Waals surface area contributed by atoms with E-state index in [-0.39, 0.29) is 11.1 Å². The molecular weight excluding hydrogens is 488 g/mol. The SMILES string of the molecule is O=C(O)c1ccc(C2(c3ccc(C(=O)O)c(C(=O)O)c3)C=Cc3cc4ccccc4cc3C2)cc1C(=O)O. The number of aromatic carboxylic acids is 4. The second-order valence-electron chi connectivity index (χ2n) is 9.12. The summed E-state index contributed by atoms with van der Waals surface area (Å²) in [6.07, 6.45) is 3.98. The van der Waals surface area contributed by atoms with Crippen LogP contribution in [0.25, 0.3) is 16.8 Å². The largest absolute Gasteiger partial charge is 0.478 e. The van der Waals surface area contributed by atoms with E-state index in [1.807, 2.05) is 48.6 Å². The number of hydrogen-bond acceptors (Lipinski definition) is 4. The summed E-state index contributed by atoms with van der Waals surface area (Å²) in [7, 11) is 0. The third-order valence-electron chi connectivity index (χ3n) is 7.02. The molecule has 0 saturated carbocycles. The van der Waals surface area contributed by atoms with E-state index in [0.29, 0.717) is 17.5 Å². The van der Waals surface area contributed by atoms with Crippen LogP contribution in [0.5, 0.6) is 0 Å². The Bertz CT molecular complexity index is 1640. The van der Waals surface area contributed by atoms with Crippen molar-refractivity contribution in [1.82, 2.24) is 0 Å². The zero-order chi connectivity index (χ0) is 27.2. The molecule has 0 unspecified atom stereocenters. The summed E-state index contributed by atoms with van der Waals surface area (Å²) in [5.41, 5.74) is -0.00268. The Morgan fingerprint density at radius 3 is 1.53 bits per heavy atom. The van der Waals surface area contributed by atoms with Gasteiger partial charge in [0.05, 0.1) is 22.3 Å². The highest BCUT2D eigenvalue weighted by atomic mass is 16.4. The number of hydrogen-bond donors (Lipinski definition) is 4. The number of benzene rings is 4. The van der Waals surface area contributed by atoms with Crippen LogP contribution in [-0.2, 0) is 11.8 Å². The summed E-state index contributed by atoms with van der Waals surface area (Å²) in [6.45, 7) is 0. The van der Waals surface area contributed by atoms with Crippen LogP contribution in [0.2, 0.25) is 0 Å². The standard InChI is InChI=1S/C30H20O8/c31-26(32)22-7-5-20(13-24(22)28(35)36)30(21-6-8-23(27(33)34)25(14-21)29(37)38)10-9-18-11-16-3-1-2-4-17(16)12-19(18)15-30/h1-14H,15H2,(H,31,32)(H,33,34)(H,35,36)(H,37,38). The molecule has 4 N–H and O–H groups in total. The minimum absolute atomic E-state index is 0.292. The third kappa shape index (κ3) is 3.98. The fourth-order valence-corrected chi connectivity index (χ4v) is 5.14. The first-order valence-electron chi connectivity index (χ1n) is 11.5. The molecule has 0 atom stereocenters. The van der Waals surface area contributed by atoms with E-state index in [1.54, 1.807) is 0 Å². The van der Waals surface area contributed by atoms with E-state index in [9.17, 15) is 39.6 Å². The second kappa shape index (κ2) is 9.01. The molecule has 8 heteroatoms. The van der Waals surface area contributed by atoms with Crippen molar-refractivity contribution < 1.29 is 39.6 Å². The van der Waals surface area contributed by atoms with Gasteiger partial charge < -0.3 is 20.4 Å². The monoisotopic (exact) mass is 508 g/mol. The van der Waals surface area contributed by atoms with Gasteiger partial charge in [-0.05, 0) is 69.8 Å². The minimum Gasteiger partial charge on any atom is -0.478 e. The maximum Gasteiger partial charge on any atom is 0.336 e. The van der Waals surface area contributed by atoms with Crippen molar-refractivity contribution in [2.24, 2.45) is 0 Å². The lowest BCUT2D eigenvalue weighted by Crippen LogP contribution is -2.31. The van der Waals surface area contributed by atoms with Gasteiger partial charge in [0.25, 0.3) is 0 Å². The van der Waals surface area contributed by atoms with E-state index in [4.69, 9.17) is 0 Å². The smallest absolute Gasteiger partial charge is 0.336 e. The molecular formula is C30H20O8. The van der Waals surface area contributed by atoms with Crippen molar-refractivity contribution in [1.29, 1.82) is 0 Å². The average Bonchev–Trinajstić information content (AvgIpc) is 2.90. The van der Waals surface area contributed by atoms with Crippen LogP contribution in [0.15, 0.2) is 78.9 Å². The normalized spacial score (nSPS) is 13.6. The van der Waals surface area contributed by atoms with E-state index < -0.39 is 40.4 Å². The van der Waals surface area contributed by atoms with E-state index in [0.717, 1.165) is 21.9 Å². The molecule has 4 aromatic carbocycles. The summed E-state index contributed by atoms with van der Waals surface area (Å²) < 4.78 is 0. The van der Waals surface area contributed by atoms with E-state index >= 15 is 0 Å². The molecule has 0 aliphatic heterocycles. The fourth-order valence-electron chi connectivity index (χ4n) is 5.14. The molecule has 4 aromatic rings. The fraction of sp³-hybridized carbons (Fsp3) is 0.0667. The van der Waals surface area contributed by atoms with E-state index in [2.05, 4.69) is 0 Å². The Kier molecular flexibility index (Phi) is 5.80. The zero-order valence-electron chi connectivity index (χ0n) is 19.7. The second-order valence-corrected chi connectivity index (χ2v) is 9.12. The number of carbonyl (C=O) groups is 4. The molecule has 1 aliphatic rings. The molecule has 0 amide bonds. The van der Waals surface area contributed by atoms with Crippen molar-refractivity contribution in [3.05, 3.63) is 123 Å². The Labute approximate surface area is 215 Å². The summed E-state index contributed by atoms with van der Waals surface area (Å²) >= 11 is 0. The van der Waals surface area contributed by atoms with Gasteiger partial charge in [0.15, 0.2) is 0 Å². The highest BCUT2D eigenvalue weighted by molar-refractivity contribution is 6.03. The van der Waals surface area contributed by atoms with Crippen LogP contribution in [0.1, 0.15) is 63.7 Å². The van der Waals surface area contributed by atoms with Gasteiger partial charge in [0.1, 0.15) is 0 Å². The maximum absolute atomic E-state index is 12.0. The molecule has 38 heavy (non-hydrogen) atoms. The predicted octanol–water partition coefficient (Wildman–Crippen LogP) is 5.19. The highest BCUT2D eigenvalue weighted by Gasteiger charge is 2.37. The van der Waals surface area contributed by atoms with Crippen molar-refractivity contribution in [3.63, 3.8) is 0 Å². The van der Waals surface area contributed by atoms with Gasteiger partial charge in [-0.1, -0.05) is 54.6 Å². The molecule has 188 valence electrons. The predicted molar refractivity (Wildman–Crippen MR) is 138 cm³/mol. The molecule has 0 bridgehead atoms. The molecule has 0 fully saturated rings. The lowest BCUT2D eigenvalue weighted by Gasteiger charge is -2.36. The average molecular weight is 508 g/mol. The summed E-state index contributed by atoms with van der Waals surface area (Å²) in [5, 5.41) is 40.5. The number of fused-ring (bicyclic) bond motifs is 2. The minimum atomic E-state index is -1.42. The van der Waals surface area contributed by atoms with Crippen LogP contribution < -0.4 is 0 Å². The van der Waals surface area contributed by atoms with Crippen LogP contribution in [0, 0.1) is 0 Å². The molecule has 0 radical (unpaired) electrons. The van der Waals surface area contributed by atoms with Gasteiger partial charge >= 0.3 is 23.9 Å². The molecule has 0 saturated heterocycles. The summed E-state index contributed by atoms with van der Waals surface area (Å²) in [5.74, 6) is -5.62. The van der Waals surface area contributed by atoms with Crippen LogP contribution >= 0.6 is 0 Å². The van der Waals surface area contributed by atoms with Gasteiger partial charge in [0.2, 0.25) is 0 Å². The topological polar surface area (TPSA) is 149 Å². The maximum atomic E-state index is 12.0. The molecule has 0 spiro atoms. The van der Waals surface area contributed by atoms with Gasteiger partial charge in [-0.3, -0.25) is 0 Å². The molecule has 0 aromatic heterocycles. The van der Waals surface area contributed by atoms with Crippen molar-refractivity contribution >= 4 is 40.7 Å². The summed E-state index contributed by atoms with van der Waals surface area (Å²) in [4.78, 5) is 47.3. The van der Waals surface area contributed by atoms with E-state index in [1.165, 1.54) is 36.4 Å². The number of allylic oxidation sites excluding steroid dienone is 1. The lowest BCUT2D eigenvalue weighted by molar-refractivity contribution is 0.0651.